The van der Waals surface area contributed by atoms with Gasteiger partial charge in [0.2, 0.25) is 0 Å². The lowest BCUT2D eigenvalue weighted by Crippen LogP contribution is -2.39. The summed E-state index contributed by atoms with van der Waals surface area (Å²) in [4.78, 5) is 8.79. The molecule has 7 heteroatoms. The molecule has 5 nitrogen and oxygen atoms in total. The normalized spacial score (nSPS) is 12.3. The summed E-state index contributed by atoms with van der Waals surface area (Å²) in [6.45, 7) is 4.51. The van der Waals surface area contributed by atoms with E-state index < -0.39 is 0 Å². The Bertz CT molecular complexity index is 814. The van der Waals surface area contributed by atoms with Crippen LogP contribution in [0.4, 0.5) is 0 Å². The fourth-order valence-electron chi connectivity index (χ4n) is 2.74. The first-order chi connectivity index (χ1) is 12.8. The SMILES string of the molecule is CN=C(NCc1nccn1Cc1ccccc1)NCC(C)c1ccsc1.I. The Balaban J connectivity index is 0.00000261. The summed E-state index contributed by atoms with van der Waals surface area (Å²) in [5.74, 6) is 2.23. The highest BCUT2D eigenvalue weighted by molar-refractivity contribution is 14.0. The van der Waals surface area contributed by atoms with Crippen LogP contribution in [0.15, 0.2) is 64.5 Å². The number of thiophene rings is 1. The molecule has 27 heavy (non-hydrogen) atoms. The molecular weight excluding hydrogens is 469 g/mol. The molecule has 2 aromatic heterocycles. The molecule has 0 aliphatic heterocycles. The highest BCUT2D eigenvalue weighted by atomic mass is 127. The monoisotopic (exact) mass is 495 g/mol. The molecule has 2 heterocycles. The molecule has 3 rings (SSSR count). The number of hydrogen-bond acceptors (Lipinski definition) is 3. The first kappa shape index (κ1) is 21.4. The van der Waals surface area contributed by atoms with E-state index in [1.54, 1.807) is 18.4 Å². The molecule has 0 fully saturated rings. The van der Waals surface area contributed by atoms with Crippen molar-refractivity contribution in [3.8, 4) is 0 Å². The molecule has 0 amide bonds. The van der Waals surface area contributed by atoms with Crippen molar-refractivity contribution < 1.29 is 0 Å². The van der Waals surface area contributed by atoms with Crippen molar-refractivity contribution in [3.05, 3.63) is 76.5 Å². The van der Waals surface area contributed by atoms with Crippen molar-refractivity contribution in [2.75, 3.05) is 13.6 Å². The zero-order chi connectivity index (χ0) is 18.2. The standard InChI is InChI=1S/C20H25N5S.HI/c1-16(18-8-11-26-15-18)12-23-20(21-2)24-13-19-22-9-10-25(19)14-17-6-4-3-5-7-17;/h3-11,15-16H,12-14H2,1-2H3,(H2,21,23,24);1H. The number of guanidine groups is 1. The molecule has 3 aromatic rings. The van der Waals surface area contributed by atoms with E-state index >= 15 is 0 Å². The van der Waals surface area contributed by atoms with Crippen LogP contribution in [-0.2, 0) is 13.1 Å². The molecule has 0 saturated carbocycles. The van der Waals surface area contributed by atoms with E-state index in [-0.39, 0.29) is 24.0 Å². The molecule has 0 spiro atoms. The maximum atomic E-state index is 4.47. The number of nitrogens with one attached hydrogen (secondary N) is 2. The van der Waals surface area contributed by atoms with Crippen LogP contribution in [0.3, 0.4) is 0 Å². The average Bonchev–Trinajstić information content (AvgIpc) is 3.35. The lowest BCUT2D eigenvalue weighted by molar-refractivity contribution is 0.670. The van der Waals surface area contributed by atoms with E-state index in [0.717, 1.165) is 24.9 Å². The van der Waals surface area contributed by atoms with Crippen LogP contribution in [0, 0.1) is 0 Å². The van der Waals surface area contributed by atoms with E-state index in [1.165, 1.54) is 11.1 Å². The molecule has 0 bridgehead atoms. The Labute approximate surface area is 182 Å². The van der Waals surface area contributed by atoms with Crippen LogP contribution in [0.25, 0.3) is 0 Å². The van der Waals surface area contributed by atoms with Gasteiger partial charge in [0, 0.05) is 32.5 Å². The van der Waals surface area contributed by atoms with Gasteiger partial charge in [-0.1, -0.05) is 37.3 Å². The summed E-state index contributed by atoms with van der Waals surface area (Å²) in [7, 11) is 1.79. The lowest BCUT2D eigenvalue weighted by atomic mass is 10.1. The fourth-order valence-corrected chi connectivity index (χ4v) is 3.52. The number of hydrogen-bond donors (Lipinski definition) is 2. The Morgan fingerprint density at radius 3 is 2.74 bits per heavy atom. The Kier molecular flexibility index (Phi) is 8.80. The molecule has 1 aromatic carbocycles. The second-order valence-electron chi connectivity index (χ2n) is 6.22. The van der Waals surface area contributed by atoms with Crippen molar-refractivity contribution in [1.82, 2.24) is 20.2 Å². The van der Waals surface area contributed by atoms with E-state index in [9.17, 15) is 0 Å². The molecular formula is C20H26IN5S. The third kappa shape index (κ3) is 6.35. The van der Waals surface area contributed by atoms with E-state index in [1.807, 2.05) is 18.5 Å². The number of halogens is 1. The molecule has 2 N–H and O–H groups in total. The molecule has 0 radical (unpaired) electrons. The molecule has 0 aliphatic rings. The van der Waals surface area contributed by atoms with Crippen molar-refractivity contribution in [1.29, 1.82) is 0 Å². The summed E-state index contributed by atoms with van der Waals surface area (Å²) in [5.41, 5.74) is 2.62. The molecule has 0 aliphatic carbocycles. The quantitative estimate of drug-likeness (QED) is 0.295. The van der Waals surface area contributed by atoms with Crippen LogP contribution in [0.1, 0.15) is 29.8 Å². The highest BCUT2D eigenvalue weighted by Crippen LogP contribution is 2.17. The van der Waals surface area contributed by atoms with Crippen molar-refractivity contribution in [2.45, 2.75) is 25.9 Å². The summed E-state index contributed by atoms with van der Waals surface area (Å²) < 4.78 is 2.16. The van der Waals surface area contributed by atoms with Crippen molar-refractivity contribution in [3.63, 3.8) is 0 Å². The topological polar surface area (TPSA) is 54.2 Å². The van der Waals surface area contributed by atoms with Gasteiger partial charge in [0.15, 0.2) is 5.96 Å². The number of nitrogens with zero attached hydrogens (tertiary/aromatic N) is 3. The number of benzene rings is 1. The van der Waals surface area contributed by atoms with Gasteiger partial charge in [0.05, 0.1) is 6.54 Å². The van der Waals surface area contributed by atoms with Crippen LogP contribution in [-0.4, -0.2) is 29.1 Å². The van der Waals surface area contributed by atoms with E-state index in [0.29, 0.717) is 12.5 Å². The summed E-state index contributed by atoms with van der Waals surface area (Å²) in [6, 6.07) is 12.6. The van der Waals surface area contributed by atoms with Crippen molar-refractivity contribution >= 4 is 41.3 Å². The zero-order valence-corrected chi connectivity index (χ0v) is 18.8. The Hall–Kier alpha value is -1.87. The second-order valence-corrected chi connectivity index (χ2v) is 7.00. The maximum absolute atomic E-state index is 4.47. The van der Waals surface area contributed by atoms with Gasteiger partial charge in [-0.05, 0) is 33.9 Å². The Morgan fingerprint density at radius 2 is 2.04 bits per heavy atom. The number of aromatic nitrogens is 2. The zero-order valence-electron chi connectivity index (χ0n) is 15.6. The fraction of sp³-hybridized carbons (Fsp3) is 0.300. The predicted octanol–water partition coefficient (Wildman–Crippen LogP) is 4.08. The molecule has 1 atom stereocenters. The maximum Gasteiger partial charge on any atom is 0.191 e. The Morgan fingerprint density at radius 1 is 1.22 bits per heavy atom. The largest absolute Gasteiger partial charge is 0.356 e. The number of aliphatic imine (C=N–C) groups is 1. The first-order valence-electron chi connectivity index (χ1n) is 8.77. The molecule has 144 valence electrons. The van der Waals surface area contributed by atoms with Gasteiger partial charge in [-0.25, -0.2) is 4.98 Å². The molecule has 1 unspecified atom stereocenters. The lowest BCUT2D eigenvalue weighted by Gasteiger charge is -2.16. The minimum absolute atomic E-state index is 0. The number of imidazole rings is 1. The predicted molar refractivity (Wildman–Crippen MR) is 124 cm³/mol. The highest BCUT2D eigenvalue weighted by Gasteiger charge is 2.08. The van der Waals surface area contributed by atoms with Gasteiger partial charge in [-0.3, -0.25) is 4.99 Å². The van der Waals surface area contributed by atoms with Gasteiger partial charge in [0.25, 0.3) is 0 Å². The average molecular weight is 495 g/mol. The smallest absolute Gasteiger partial charge is 0.191 e. The first-order valence-corrected chi connectivity index (χ1v) is 9.71. The third-order valence-electron chi connectivity index (χ3n) is 4.32. The van der Waals surface area contributed by atoms with E-state index in [2.05, 4.69) is 73.2 Å². The second kappa shape index (κ2) is 11.1. The molecule has 0 saturated heterocycles. The minimum atomic E-state index is 0. The van der Waals surface area contributed by atoms with Gasteiger partial charge < -0.3 is 15.2 Å². The third-order valence-corrected chi connectivity index (χ3v) is 5.02. The van der Waals surface area contributed by atoms with E-state index in [4.69, 9.17) is 0 Å². The van der Waals surface area contributed by atoms with Crippen LogP contribution < -0.4 is 10.6 Å². The summed E-state index contributed by atoms with van der Waals surface area (Å²) in [6.07, 6.45) is 3.85. The van der Waals surface area contributed by atoms with Gasteiger partial charge in [-0.2, -0.15) is 11.3 Å². The van der Waals surface area contributed by atoms with Crippen molar-refractivity contribution in [2.24, 2.45) is 4.99 Å². The van der Waals surface area contributed by atoms with Gasteiger partial charge >= 0.3 is 0 Å². The summed E-state index contributed by atoms with van der Waals surface area (Å²) >= 11 is 1.73. The van der Waals surface area contributed by atoms with Gasteiger partial charge in [-0.15, -0.1) is 24.0 Å². The van der Waals surface area contributed by atoms with Gasteiger partial charge in [0.1, 0.15) is 5.82 Å². The minimum Gasteiger partial charge on any atom is -0.356 e. The van der Waals surface area contributed by atoms with Crippen LogP contribution in [0.2, 0.25) is 0 Å². The van der Waals surface area contributed by atoms with Crippen LogP contribution in [0.5, 0.6) is 0 Å². The summed E-state index contributed by atoms with van der Waals surface area (Å²) in [5, 5.41) is 11.1. The van der Waals surface area contributed by atoms with Crippen LogP contribution >= 0.6 is 35.3 Å². The number of rotatable bonds is 7.